The highest BCUT2D eigenvalue weighted by atomic mass is 16.6. The highest BCUT2D eigenvalue weighted by Crippen LogP contribution is 2.60. The molecule has 1 saturated heterocycles. The van der Waals surface area contributed by atoms with Crippen molar-refractivity contribution in [3.8, 4) is 0 Å². The van der Waals surface area contributed by atoms with E-state index in [1.807, 2.05) is 13.8 Å². The van der Waals surface area contributed by atoms with Crippen LogP contribution < -0.4 is 5.32 Å². The van der Waals surface area contributed by atoms with Crippen LogP contribution in [-0.4, -0.2) is 48.7 Å². The quantitative estimate of drug-likeness (QED) is 0.283. The second kappa shape index (κ2) is 10.6. The number of nitrogens with one attached hydrogen (secondary N) is 1. The minimum Gasteiger partial charge on any atom is -0.465 e. The van der Waals surface area contributed by atoms with Gasteiger partial charge in [0.15, 0.2) is 0 Å². The summed E-state index contributed by atoms with van der Waals surface area (Å²) in [5.74, 6) is 0.933. The molecule has 0 aromatic carbocycles. The Balaban J connectivity index is 1.59. The van der Waals surface area contributed by atoms with Crippen LogP contribution >= 0.6 is 0 Å². The monoisotopic (exact) mass is 561 g/mol. The summed E-state index contributed by atoms with van der Waals surface area (Å²) in [6.45, 7) is 13.3. The lowest BCUT2D eigenvalue weighted by molar-refractivity contribution is -0.214. The van der Waals surface area contributed by atoms with E-state index < -0.39 is 39.4 Å². The SMILES string of the molecule is CCC(C)(CC(C)(CC(C)(C)C(=O)NC)C(=O)OC1(C)CCOC(=O)C1)C(=O)OC1(C)C2CC3CC(C2)CC1C3. The van der Waals surface area contributed by atoms with E-state index in [4.69, 9.17) is 14.2 Å². The summed E-state index contributed by atoms with van der Waals surface area (Å²) in [4.78, 5) is 53.0. The van der Waals surface area contributed by atoms with Gasteiger partial charge >= 0.3 is 17.9 Å². The van der Waals surface area contributed by atoms with Crippen molar-refractivity contribution >= 4 is 23.8 Å². The number of amides is 1. The summed E-state index contributed by atoms with van der Waals surface area (Å²) in [5, 5.41) is 2.71. The van der Waals surface area contributed by atoms with E-state index in [1.54, 1.807) is 34.7 Å². The van der Waals surface area contributed by atoms with Crippen LogP contribution in [0.2, 0.25) is 0 Å². The van der Waals surface area contributed by atoms with Gasteiger partial charge in [0.25, 0.3) is 0 Å². The van der Waals surface area contributed by atoms with E-state index in [9.17, 15) is 19.2 Å². The molecule has 4 bridgehead atoms. The van der Waals surface area contributed by atoms with Crippen molar-refractivity contribution in [2.45, 2.75) is 124 Å². The second-order valence-electron chi connectivity index (χ2n) is 15.2. The van der Waals surface area contributed by atoms with E-state index >= 15 is 0 Å². The summed E-state index contributed by atoms with van der Waals surface area (Å²) in [5.41, 5.74) is -4.52. The molecule has 3 atom stereocenters. The van der Waals surface area contributed by atoms with E-state index in [2.05, 4.69) is 12.2 Å². The van der Waals surface area contributed by atoms with Gasteiger partial charge in [-0.25, -0.2) is 0 Å². The number of rotatable bonds is 10. The van der Waals surface area contributed by atoms with Crippen LogP contribution in [0.25, 0.3) is 0 Å². The third-order valence-electron chi connectivity index (χ3n) is 11.0. The molecule has 1 heterocycles. The third kappa shape index (κ3) is 5.78. The molecule has 0 aromatic rings. The molecule has 4 aliphatic carbocycles. The van der Waals surface area contributed by atoms with Crippen molar-refractivity contribution in [1.82, 2.24) is 5.32 Å². The van der Waals surface area contributed by atoms with E-state index in [0.717, 1.165) is 37.5 Å². The third-order valence-corrected chi connectivity index (χ3v) is 11.0. The molecular weight excluding hydrogens is 510 g/mol. The van der Waals surface area contributed by atoms with E-state index in [0.29, 0.717) is 24.7 Å². The van der Waals surface area contributed by atoms with Crippen molar-refractivity contribution in [2.24, 2.45) is 39.9 Å². The maximum Gasteiger partial charge on any atom is 0.312 e. The van der Waals surface area contributed by atoms with Crippen molar-refractivity contribution in [3.63, 3.8) is 0 Å². The van der Waals surface area contributed by atoms with Crippen molar-refractivity contribution in [3.05, 3.63) is 0 Å². The first-order valence-electron chi connectivity index (χ1n) is 15.3. The first kappa shape index (κ1) is 30.8. The molecule has 226 valence electrons. The fraction of sp³-hybridized carbons (Fsp3) is 0.875. The predicted molar refractivity (Wildman–Crippen MR) is 150 cm³/mol. The Morgan fingerprint density at radius 1 is 0.900 bits per heavy atom. The van der Waals surface area contributed by atoms with Gasteiger partial charge in [-0.1, -0.05) is 20.8 Å². The number of carbonyl (C=O) groups is 4. The number of cyclic esters (lactones) is 1. The smallest absolute Gasteiger partial charge is 0.312 e. The molecule has 1 amide bonds. The van der Waals surface area contributed by atoms with Crippen LogP contribution in [0.4, 0.5) is 0 Å². The number of hydrogen-bond acceptors (Lipinski definition) is 7. The minimum absolute atomic E-state index is 0.0239. The zero-order valence-electron chi connectivity index (χ0n) is 25.9. The highest BCUT2D eigenvalue weighted by Gasteiger charge is 2.59. The van der Waals surface area contributed by atoms with Gasteiger partial charge in [0.2, 0.25) is 5.91 Å². The topological polar surface area (TPSA) is 108 Å². The fourth-order valence-corrected chi connectivity index (χ4v) is 8.67. The van der Waals surface area contributed by atoms with Crippen LogP contribution in [0, 0.1) is 39.9 Å². The van der Waals surface area contributed by atoms with Crippen LogP contribution in [0.1, 0.15) is 113 Å². The summed E-state index contributed by atoms with van der Waals surface area (Å²) in [6, 6.07) is 0. The van der Waals surface area contributed by atoms with Crippen molar-refractivity contribution < 1.29 is 33.4 Å². The molecule has 8 heteroatoms. The van der Waals surface area contributed by atoms with E-state index in [1.165, 1.54) is 6.42 Å². The first-order valence-corrected chi connectivity index (χ1v) is 15.3. The van der Waals surface area contributed by atoms with Gasteiger partial charge in [0.1, 0.15) is 11.2 Å². The van der Waals surface area contributed by atoms with Crippen molar-refractivity contribution in [1.29, 1.82) is 0 Å². The molecule has 5 rings (SSSR count). The molecule has 4 saturated carbocycles. The minimum atomic E-state index is -1.19. The summed E-state index contributed by atoms with van der Waals surface area (Å²) >= 11 is 0. The summed E-state index contributed by atoms with van der Waals surface area (Å²) in [6.07, 6.45) is 7.04. The molecule has 1 N–H and O–H groups in total. The first-order chi connectivity index (χ1) is 18.5. The maximum absolute atomic E-state index is 14.1. The molecule has 3 unspecified atom stereocenters. The Morgan fingerprint density at radius 3 is 1.95 bits per heavy atom. The molecule has 8 nitrogen and oxygen atoms in total. The van der Waals surface area contributed by atoms with Gasteiger partial charge in [0, 0.05) is 18.9 Å². The molecule has 1 aliphatic heterocycles. The molecular formula is C32H51NO7. The molecule has 0 spiro atoms. The Kier molecular flexibility index (Phi) is 8.18. The molecule has 40 heavy (non-hydrogen) atoms. The predicted octanol–water partition coefficient (Wildman–Crippen LogP) is 5.36. The normalized spacial score (nSPS) is 36.1. The summed E-state index contributed by atoms with van der Waals surface area (Å²) < 4.78 is 17.7. The molecule has 0 aromatic heterocycles. The Hall–Kier alpha value is -2.12. The molecule has 5 fully saturated rings. The van der Waals surface area contributed by atoms with E-state index in [-0.39, 0.29) is 37.7 Å². The average Bonchev–Trinajstić information content (AvgIpc) is 2.85. The fourth-order valence-electron chi connectivity index (χ4n) is 8.67. The van der Waals surface area contributed by atoms with Gasteiger partial charge in [0.05, 0.1) is 23.9 Å². The lowest BCUT2D eigenvalue weighted by Gasteiger charge is -2.59. The average molecular weight is 562 g/mol. The van der Waals surface area contributed by atoms with Gasteiger partial charge in [-0.05, 0) is 103 Å². The lowest BCUT2D eigenvalue weighted by Crippen LogP contribution is -2.59. The number of carbonyl (C=O) groups excluding carboxylic acids is 4. The number of ether oxygens (including phenoxy) is 3. The van der Waals surface area contributed by atoms with Crippen LogP contribution in [0.15, 0.2) is 0 Å². The zero-order valence-corrected chi connectivity index (χ0v) is 25.9. The van der Waals surface area contributed by atoms with Gasteiger partial charge < -0.3 is 19.5 Å². The number of esters is 3. The Bertz CT molecular complexity index is 1010. The largest absolute Gasteiger partial charge is 0.465 e. The van der Waals surface area contributed by atoms with Gasteiger partial charge in [-0.3, -0.25) is 19.2 Å². The lowest BCUT2D eigenvalue weighted by atomic mass is 9.50. The van der Waals surface area contributed by atoms with Gasteiger partial charge in [-0.2, -0.15) is 0 Å². The van der Waals surface area contributed by atoms with Gasteiger partial charge in [-0.15, -0.1) is 0 Å². The van der Waals surface area contributed by atoms with Crippen LogP contribution in [0.5, 0.6) is 0 Å². The molecule has 0 radical (unpaired) electrons. The Labute approximate surface area is 240 Å². The standard InChI is InChI=1S/C32H51NO7/c1-9-29(4,26(36)40-32(7)22-13-20-12-21(15-22)16-23(32)14-20)19-30(5,18-28(2,3)25(35)33-8)27(37)39-31(6)10-11-38-24(34)17-31/h20-23H,9-19H2,1-8H3,(H,33,35). The van der Waals surface area contributed by atoms with Crippen molar-refractivity contribution in [2.75, 3.05) is 13.7 Å². The maximum atomic E-state index is 14.1. The zero-order chi connectivity index (χ0) is 29.7. The highest BCUT2D eigenvalue weighted by molar-refractivity contribution is 5.85. The van der Waals surface area contributed by atoms with Crippen LogP contribution in [-0.2, 0) is 33.4 Å². The Morgan fingerprint density at radius 2 is 1.45 bits per heavy atom. The number of hydrogen-bond donors (Lipinski definition) is 1. The summed E-state index contributed by atoms with van der Waals surface area (Å²) in [7, 11) is 1.58. The van der Waals surface area contributed by atoms with Crippen LogP contribution in [0.3, 0.4) is 0 Å². The molecule has 5 aliphatic rings. The second-order valence-corrected chi connectivity index (χ2v) is 15.2.